The van der Waals surface area contributed by atoms with Crippen LogP contribution in [0.1, 0.15) is 19.5 Å². The summed E-state index contributed by atoms with van der Waals surface area (Å²) in [5, 5.41) is 20.2. The maximum atomic E-state index is 13.0. The van der Waals surface area contributed by atoms with Gasteiger partial charge < -0.3 is 21.0 Å². The molecule has 0 bridgehead atoms. The van der Waals surface area contributed by atoms with Crippen molar-refractivity contribution in [2.45, 2.75) is 38.1 Å². The second-order valence-corrected chi connectivity index (χ2v) is 9.93. The van der Waals surface area contributed by atoms with E-state index in [9.17, 15) is 37.3 Å². The SMILES string of the molecule is Cn1cnn(C[C@@H]2[C@H](NC(=O)C(=NOC(C)(C)C(=O)O)c3csc(N)n3)C(=O)N2S(=O)(=O)O)c1=O. The molecule has 1 saturated heterocycles. The Bertz CT molecular complexity index is 1370. The Kier molecular flexibility index (Phi) is 6.68. The normalized spacial score (nSPS) is 18.8. The lowest BCUT2D eigenvalue weighted by Gasteiger charge is -2.43. The van der Waals surface area contributed by atoms with Crippen LogP contribution in [0.2, 0.25) is 0 Å². The van der Waals surface area contributed by atoms with Crippen molar-refractivity contribution < 1.29 is 37.3 Å². The molecule has 2 aromatic heterocycles. The molecule has 35 heavy (non-hydrogen) atoms. The predicted molar refractivity (Wildman–Crippen MR) is 117 cm³/mol. The molecular formula is C16H20N8O9S2. The summed E-state index contributed by atoms with van der Waals surface area (Å²) in [6.45, 7) is 1.85. The number of aliphatic carboxylic acids is 1. The number of nitrogens with zero attached hydrogens (tertiary/aromatic N) is 6. The zero-order valence-corrected chi connectivity index (χ0v) is 20.0. The van der Waals surface area contributed by atoms with Gasteiger partial charge in [0, 0.05) is 12.4 Å². The van der Waals surface area contributed by atoms with Crippen LogP contribution in [0.25, 0.3) is 0 Å². The first-order chi connectivity index (χ1) is 16.1. The molecule has 17 nitrogen and oxygen atoms in total. The van der Waals surface area contributed by atoms with E-state index in [2.05, 4.69) is 20.6 Å². The van der Waals surface area contributed by atoms with Crippen LogP contribution >= 0.6 is 11.3 Å². The summed E-state index contributed by atoms with van der Waals surface area (Å²) in [5.74, 6) is -3.68. The maximum Gasteiger partial charge on any atom is 0.362 e. The van der Waals surface area contributed by atoms with Crippen molar-refractivity contribution in [2.24, 2.45) is 12.2 Å². The molecule has 0 spiro atoms. The number of nitrogens with one attached hydrogen (secondary N) is 1. The van der Waals surface area contributed by atoms with Gasteiger partial charge in [-0.25, -0.2) is 23.6 Å². The number of carbonyl (C=O) groups excluding carboxylic acids is 2. The smallest absolute Gasteiger partial charge is 0.362 e. The molecule has 0 unspecified atom stereocenters. The predicted octanol–water partition coefficient (Wildman–Crippen LogP) is -2.60. The number of thiazole rings is 1. The van der Waals surface area contributed by atoms with Gasteiger partial charge >= 0.3 is 22.0 Å². The molecule has 0 aromatic carbocycles. The third-order valence-corrected chi connectivity index (χ3v) is 6.43. The van der Waals surface area contributed by atoms with Crippen LogP contribution in [0.3, 0.4) is 0 Å². The number of aryl methyl sites for hydroxylation is 1. The van der Waals surface area contributed by atoms with E-state index in [1.54, 1.807) is 0 Å². The number of anilines is 1. The van der Waals surface area contributed by atoms with Crippen molar-refractivity contribution in [3.8, 4) is 0 Å². The van der Waals surface area contributed by atoms with E-state index in [1.165, 1.54) is 26.3 Å². The van der Waals surface area contributed by atoms with E-state index in [4.69, 9.17) is 10.6 Å². The van der Waals surface area contributed by atoms with Gasteiger partial charge in [0.05, 0.1) is 12.6 Å². The van der Waals surface area contributed by atoms with Crippen LogP contribution < -0.4 is 16.7 Å². The van der Waals surface area contributed by atoms with E-state index in [0.29, 0.717) is 0 Å². The summed E-state index contributed by atoms with van der Waals surface area (Å²) >= 11 is 0.937. The number of hydrogen-bond donors (Lipinski definition) is 4. The van der Waals surface area contributed by atoms with Gasteiger partial charge in [-0.05, 0) is 13.8 Å². The lowest BCUT2D eigenvalue weighted by Crippen LogP contribution is -2.73. The minimum Gasteiger partial charge on any atom is -0.478 e. The second-order valence-electron chi connectivity index (χ2n) is 7.75. The van der Waals surface area contributed by atoms with Crippen molar-refractivity contribution >= 4 is 50.3 Å². The quantitative estimate of drug-likeness (QED) is 0.112. The number of β-lactam (4-membered cyclic amide) rings is 1. The Morgan fingerprint density at radius 1 is 1.37 bits per heavy atom. The molecule has 3 heterocycles. The van der Waals surface area contributed by atoms with Gasteiger partial charge in [0.2, 0.25) is 5.60 Å². The average Bonchev–Trinajstić information content (AvgIpc) is 3.30. The second kappa shape index (κ2) is 9.07. The zero-order chi connectivity index (χ0) is 26.3. The molecule has 1 aliphatic heterocycles. The molecule has 2 aromatic rings. The van der Waals surface area contributed by atoms with Gasteiger partial charge in [-0.15, -0.1) is 11.3 Å². The van der Waals surface area contributed by atoms with Gasteiger partial charge in [-0.1, -0.05) is 5.16 Å². The number of amides is 2. The van der Waals surface area contributed by atoms with E-state index in [1.807, 2.05) is 0 Å². The van der Waals surface area contributed by atoms with E-state index < -0.39 is 63.7 Å². The molecular weight excluding hydrogens is 512 g/mol. The molecule has 1 fully saturated rings. The highest BCUT2D eigenvalue weighted by Gasteiger charge is 2.54. The first kappa shape index (κ1) is 25.8. The highest BCUT2D eigenvalue weighted by atomic mass is 32.2. The fourth-order valence-electron chi connectivity index (χ4n) is 2.87. The minimum absolute atomic E-state index is 0.0441. The largest absolute Gasteiger partial charge is 0.478 e. The van der Waals surface area contributed by atoms with Crippen LogP contribution in [-0.2, 0) is 43.1 Å². The highest BCUT2D eigenvalue weighted by Crippen LogP contribution is 2.25. The number of nitrogens with two attached hydrogens (primary N) is 1. The van der Waals surface area contributed by atoms with Crippen molar-refractivity contribution in [2.75, 3.05) is 5.73 Å². The first-order valence-electron chi connectivity index (χ1n) is 9.54. The van der Waals surface area contributed by atoms with E-state index in [0.717, 1.165) is 26.9 Å². The lowest BCUT2D eigenvalue weighted by molar-refractivity contribution is -0.161. The molecule has 0 saturated carbocycles. The van der Waals surface area contributed by atoms with Crippen molar-refractivity contribution in [1.29, 1.82) is 0 Å². The summed E-state index contributed by atoms with van der Waals surface area (Å²) in [7, 11) is -3.64. The molecule has 3 rings (SSSR count). The third-order valence-electron chi connectivity index (χ3n) is 4.81. The van der Waals surface area contributed by atoms with Crippen LogP contribution in [-0.4, -0.2) is 82.9 Å². The number of hydrogen-bond acceptors (Lipinski definition) is 12. The fraction of sp³-hybridized carbons (Fsp3) is 0.438. The standard InChI is InChI=1S/C16H20N8O9S2/c1-16(2,13(27)28)33-21-9(7-5-34-14(17)19-7)11(25)20-10-8(24(12(10)26)35(30,31)32)4-23-15(29)22(3)6-18-23/h5-6,8,10H,4H2,1-3H3,(H2,17,19)(H,20,25)(H,27,28)(H,30,31,32)/t8-,10+/m1/s1. The van der Waals surface area contributed by atoms with Gasteiger partial charge in [0.1, 0.15) is 18.1 Å². The van der Waals surface area contributed by atoms with Crippen molar-refractivity contribution in [3.63, 3.8) is 0 Å². The van der Waals surface area contributed by atoms with E-state index in [-0.39, 0.29) is 15.1 Å². The number of aromatic nitrogens is 4. The average molecular weight is 533 g/mol. The summed E-state index contributed by atoms with van der Waals surface area (Å²) in [4.78, 5) is 57.7. The van der Waals surface area contributed by atoms with Crippen LogP contribution in [0.4, 0.5) is 5.13 Å². The number of nitrogen functional groups attached to an aromatic ring is 1. The van der Waals surface area contributed by atoms with Gasteiger partial charge in [-0.2, -0.15) is 13.5 Å². The number of oxime groups is 1. The molecule has 0 radical (unpaired) electrons. The van der Waals surface area contributed by atoms with Crippen molar-refractivity contribution in [3.05, 3.63) is 27.9 Å². The molecule has 190 valence electrons. The van der Waals surface area contributed by atoms with Crippen molar-refractivity contribution in [1.82, 2.24) is 29.0 Å². The first-order valence-corrected chi connectivity index (χ1v) is 11.8. The lowest BCUT2D eigenvalue weighted by atomic mass is 9.98. The fourth-order valence-corrected chi connectivity index (χ4v) is 4.29. The van der Waals surface area contributed by atoms with Crippen LogP contribution in [0, 0.1) is 0 Å². The van der Waals surface area contributed by atoms with Gasteiger partial charge in [-0.3, -0.25) is 18.7 Å². The molecule has 1 aliphatic rings. The summed E-state index contributed by atoms with van der Waals surface area (Å²) in [5.41, 5.74) is 2.43. The summed E-state index contributed by atoms with van der Waals surface area (Å²) in [6.07, 6.45) is 1.15. The Balaban J connectivity index is 1.92. The zero-order valence-electron chi connectivity index (χ0n) is 18.3. The van der Waals surface area contributed by atoms with Crippen LogP contribution in [0.15, 0.2) is 21.7 Å². The third kappa shape index (κ3) is 5.15. The topological polar surface area (TPSA) is 241 Å². The summed E-state index contributed by atoms with van der Waals surface area (Å²) in [6, 6.07) is -2.96. The Morgan fingerprint density at radius 2 is 2.03 bits per heavy atom. The molecule has 2 atom stereocenters. The number of carboxylic acids is 1. The number of rotatable bonds is 9. The number of carboxylic acid groups (broad SMARTS) is 1. The monoisotopic (exact) mass is 532 g/mol. The number of carbonyl (C=O) groups is 3. The molecule has 19 heteroatoms. The Morgan fingerprint density at radius 3 is 2.51 bits per heavy atom. The Labute approximate surface area is 200 Å². The Hall–Kier alpha value is -3.84. The molecule has 5 N–H and O–H groups in total. The van der Waals surface area contributed by atoms with E-state index >= 15 is 0 Å². The molecule has 0 aliphatic carbocycles. The maximum absolute atomic E-state index is 13.0. The summed E-state index contributed by atoms with van der Waals surface area (Å²) < 4.78 is 34.8. The minimum atomic E-state index is -5.03. The molecule has 2 amide bonds. The van der Waals surface area contributed by atoms with Gasteiger partial charge in [0.25, 0.3) is 11.8 Å². The highest BCUT2D eigenvalue weighted by molar-refractivity contribution is 7.84. The van der Waals surface area contributed by atoms with Crippen LogP contribution in [0.5, 0.6) is 0 Å². The van der Waals surface area contributed by atoms with Gasteiger partial charge in [0.15, 0.2) is 10.8 Å².